The van der Waals surface area contributed by atoms with E-state index in [0.717, 1.165) is 52.2 Å². The Kier molecular flexibility index (Phi) is 4.64. The van der Waals surface area contributed by atoms with Gasteiger partial charge in [0.1, 0.15) is 0 Å². The van der Waals surface area contributed by atoms with E-state index in [-0.39, 0.29) is 6.04 Å². The number of amides is 1. The highest BCUT2D eigenvalue weighted by Crippen LogP contribution is 2.36. The van der Waals surface area contributed by atoms with E-state index in [2.05, 4.69) is 51.2 Å². The number of carbonyl (C=O) groups excluding carboxylic acids is 1. The molecule has 4 rings (SSSR count). The highest BCUT2D eigenvalue weighted by molar-refractivity contribution is 7.09. The quantitative estimate of drug-likeness (QED) is 0.816. The highest BCUT2D eigenvalue weighted by atomic mass is 32.1. The Morgan fingerprint density at radius 2 is 2.00 bits per heavy atom. The molecule has 1 aromatic rings. The summed E-state index contributed by atoms with van der Waals surface area (Å²) >= 11 is 1.84. The number of carbonyl (C=O) groups is 1. The van der Waals surface area contributed by atoms with Crippen molar-refractivity contribution in [1.29, 1.82) is 0 Å². The first kappa shape index (κ1) is 16.5. The van der Waals surface area contributed by atoms with Gasteiger partial charge >= 0.3 is 0 Å². The van der Waals surface area contributed by atoms with Gasteiger partial charge in [-0.15, -0.1) is 11.3 Å². The lowest BCUT2D eigenvalue weighted by Crippen LogP contribution is -2.53. The molecule has 1 amide bonds. The number of hydrogen-bond donors (Lipinski definition) is 0. The van der Waals surface area contributed by atoms with E-state index >= 15 is 0 Å². The number of thiophene rings is 1. The first-order valence-electron chi connectivity index (χ1n) is 9.06. The SMILES string of the molecule is CN1CCN(C(=O)[C@@H]2C[C@H]3CN(Cc4cccs4)C[C@H]3N2C)CC1. The van der Waals surface area contributed by atoms with E-state index in [1.165, 1.54) is 4.88 Å². The van der Waals surface area contributed by atoms with Gasteiger partial charge in [-0.3, -0.25) is 14.6 Å². The van der Waals surface area contributed by atoms with Crippen LogP contribution < -0.4 is 0 Å². The van der Waals surface area contributed by atoms with E-state index in [0.29, 0.717) is 17.9 Å². The molecule has 0 N–H and O–H groups in total. The minimum Gasteiger partial charge on any atom is -0.339 e. The van der Waals surface area contributed by atoms with Gasteiger partial charge in [0.15, 0.2) is 0 Å². The standard InChI is InChI=1S/C18H28N4OS/c1-19-5-7-22(8-6-19)18(23)16-10-14-11-21(13-17(14)20(16)2)12-15-4-3-9-24-15/h3-4,9,14,16-17H,5-8,10-13H2,1-2H3/t14-,16-,17+/m0/s1. The lowest BCUT2D eigenvalue weighted by atomic mass is 10.0. The lowest BCUT2D eigenvalue weighted by Gasteiger charge is -2.36. The molecule has 24 heavy (non-hydrogen) atoms. The van der Waals surface area contributed by atoms with Crippen molar-refractivity contribution in [2.75, 3.05) is 53.4 Å². The fraction of sp³-hybridized carbons (Fsp3) is 0.722. The van der Waals surface area contributed by atoms with Gasteiger partial charge in [-0.1, -0.05) is 6.07 Å². The molecule has 0 bridgehead atoms. The molecule has 3 saturated heterocycles. The molecule has 0 aliphatic carbocycles. The zero-order valence-corrected chi connectivity index (χ0v) is 15.5. The second-order valence-corrected chi connectivity index (χ2v) is 8.68. The van der Waals surface area contributed by atoms with Gasteiger partial charge in [0.2, 0.25) is 5.91 Å². The summed E-state index contributed by atoms with van der Waals surface area (Å²) in [6.07, 6.45) is 1.03. The molecule has 3 aliphatic heterocycles. The average Bonchev–Trinajstić information content (AvgIpc) is 3.27. The maximum Gasteiger partial charge on any atom is 0.240 e. The van der Waals surface area contributed by atoms with Crippen molar-refractivity contribution in [3.63, 3.8) is 0 Å². The van der Waals surface area contributed by atoms with Crippen molar-refractivity contribution in [1.82, 2.24) is 19.6 Å². The molecule has 0 unspecified atom stereocenters. The Morgan fingerprint density at radius 1 is 1.21 bits per heavy atom. The van der Waals surface area contributed by atoms with E-state index in [4.69, 9.17) is 0 Å². The number of rotatable bonds is 3. The smallest absolute Gasteiger partial charge is 0.240 e. The predicted molar refractivity (Wildman–Crippen MR) is 97.1 cm³/mol. The number of likely N-dealkylation sites (N-methyl/N-ethyl adjacent to an activating group) is 2. The minimum atomic E-state index is 0.104. The topological polar surface area (TPSA) is 30.0 Å². The largest absolute Gasteiger partial charge is 0.339 e. The summed E-state index contributed by atoms with van der Waals surface area (Å²) in [6.45, 7) is 7.09. The number of hydrogen-bond acceptors (Lipinski definition) is 5. The Balaban J connectivity index is 1.34. The van der Waals surface area contributed by atoms with Gasteiger partial charge in [-0.25, -0.2) is 0 Å². The summed E-state index contributed by atoms with van der Waals surface area (Å²) < 4.78 is 0. The Bertz CT molecular complexity index is 570. The molecule has 4 heterocycles. The normalized spacial score (nSPS) is 32.4. The van der Waals surface area contributed by atoms with E-state index < -0.39 is 0 Å². The number of piperazine rings is 1. The summed E-state index contributed by atoms with van der Waals surface area (Å²) in [5, 5.41) is 2.16. The van der Waals surface area contributed by atoms with Crippen LogP contribution in [0.4, 0.5) is 0 Å². The van der Waals surface area contributed by atoms with E-state index in [1.807, 2.05) is 11.3 Å². The maximum atomic E-state index is 12.9. The van der Waals surface area contributed by atoms with Crippen LogP contribution in [0.5, 0.6) is 0 Å². The zero-order valence-electron chi connectivity index (χ0n) is 14.7. The Hall–Kier alpha value is -0.950. The second-order valence-electron chi connectivity index (χ2n) is 7.65. The molecule has 3 aliphatic rings. The Labute approximate surface area is 148 Å². The Morgan fingerprint density at radius 3 is 2.67 bits per heavy atom. The number of likely N-dealkylation sites (tertiary alicyclic amines) is 2. The molecule has 0 saturated carbocycles. The van der Waals surface area contributed by atoms with Gasteiger partial charge in [-0.2, -0.15) is 0 Å². The van der Waals surface area contributed by atoms with Crippen LogP contribution in [0.2, 0.25) is 0 Å². The summed E-state index contributed by atoms with van der Waals surface area (Å²) in [5.41, 5.74) is 0. The summed E-state index contributed by atoms with van der Waals surface area (Å²) in [5.74, 6) is 1.01. The van der Waals surface area contributed by atoms with Gasteiger partial charge in [-0.05, 0) is 37.9 Å². The van der Waals surface area contributed by atoms with Crippen LogP contribution in [-0.4, -0.2) is 91.0 Å². The molecular formula is C18H28N4OS. The molecule has 132 valence electrons. The van der Waals surface area contributed by atoms with Crippen LogP contribution in [0.3, 0.4) is 0 Å². The second kappa shape index (κ2) is 6.75. The van der Waals surface area contributed by atoms with Crippen molar-refractivity contribution in [3.05, 3.63) is 22.4 Å². The molecular weight excluding hydrogens is 320 g/mol. The zero-order chi connectivity index (χ0) is 16.7. The van der Waals surface area contributed by atoms with Crippen LogP contribution in [0.25, 0.3) is 0 Å². The van der Waals surface area contributed by atoms with E-state index in [9.17, 15) is 4.79 Å². The summed E-state index contributed by atoms with van der Waals surface area (Å²) in [7, 11) is 4.30. The summed E-state index contributed by atoms with van der Waals surface area (Å²) in [6, 6.07) is 5.01. The molecule has 3 fully saturated rings. The first-order chi connectivity index (χ1) is 11.6. The average molecular weight is 349 g/mol. The molecule has 3 atom stereocenters. The third-order valence-corrected chi connectivity index (χ3v) is 6.94. The van der Waals surface area contributed by atoms with Crippen LogP contribution in [0.1, 0.15) is 11.3 Å². The predicted octanol–water partition coefficient (Wildman–Crippen LogP) is 1.03. The molecule has 6 heteroatoms. The van der Waals surface area contributed by atoms with Crippen molar-refractivity contribution in [3.8, 4) is 0 Å². The van der Waals surface area contributed by atoms with Crippen molar-refractivity contribution >= 4 is 17.2 Å². The maximum absolute atomic E-state index is 12.9. The minimum absolute atomic E-state index is 0.104. The molecule has 5 nitrogen and oxygen atoms in total. The number of fused-ring (bicyclic) bond motifs is 1. The van der Waals surface area contributed by atoms with Crippen LogP contribution in [-0.2, 0) is 11.3 Å². The monoisotopic (exact) mass is 348 g/mol. The number of nitrogens with zero attached hydrogens (tertiary/aromatic N) is 4. The van der Waals surface area contributed by atoms with Crippen LogP contribution in [0.15, 0.2) is 17.5 Å². The van der Waals surface area contributed by atoms with Crippen LogP contribution in [0, 0.1) is 5.92 Å². The van der Waals surface area contributed by atoms with E-state index in [1.54, 1.807) is 0 Å². The molecule has 1 aromatic heterocycles. The third-order valence-electron chi connectivity index (χ3n) is 6.08. The van der Waals surface area contributed by atoms with Gasteiger partial charge in [0, 0.05) is 56.7 Å². The van der Waals surface area contributed by atoms with Gasteiger partial charge < -0.3 is 9.80 Å². The molecule has 0 spiro atoms. The fourth-order valence-electron chi connectivity index (χ4n) is 4.58. The van der Waals surface area contributed by atoms with Crippen molar-refractivity contribution < 1.29 is 4.79 Å². The van der Waals surface area contributed by atoms with Gasteiger partial charge in [0.05, 0.1) is 6.04 Å². The molecule has 0 radical (unpaired) electrons. The first-order valence-corrected chi connectivity index (χ1v) is 9.94. The fourth-order valence-corrected chi connectivity index (χ4v) is 5.33. The van der Waals surface area contributed by atoms with Crippen LogP contribution >= 0.6 is 11.3 Å². The molecule has 0 aromatic carbocycles. The summed E-state index contributed by atoms with van der Waals surface area (Å²) in [4.78, 5) is 23.7. The van der Waals surface area contributed by atoms with Gasteiger partial charge in [0.25, 0.3) is 0 Å². The lowest BCUT2D eigenvalue weighted by molar-refractivity contribution is -0.137. The van der Waals surface area contributed by atoms with Crippen molar-refractivity contribution in [2.24, 2.45) is 5.92 Å². The highest BCUT2D eigenvalue weighted by Gasteiger charge is 2.47. The third kappa shape index (κ3) is 3.12. The van der Waals surface area contributed by atoms with Crippen molar-refractivity contribution in [2.45, 2.75) is 25.0 Å².